The molecule has 4 heteroatoms. The number of carbonyl (C=O) groups is 1. The van der Waals surface area contributed by atoms with Gasteiger partial charge in [0.15, 0.2) is 11.6 Å². The van der Waals surface area contributed by atoms with Gasteiger partial charge in [-0.15, -0.1) is 0 Å². The van der Waals surface area contributed by atoms with Gasteiger partial charge in [0.05, 0.1) is 0 Å². The molecule has 1 heterocycles. The number of Topliss-reactive ketones (excluding diaryl/α,β-unsaturated/α-hetero) is 1. The third-order valence-electron chi connectivity index (χ3n) is 2.98. The first-order chi connectivity index (χ1) is 8.68. The largest absolute Gasteiger partial charge is 0.332 e. The maximum absolute atomic E-state index is 11.9. The Morgan fingerprint density at radius 3 is 2.72 bits per heavy atom. The Kier molecular flexibility index (Phi) is 3.89. The van der Waals surface area contributed by atoms with Crippen molar-refractivity contribution in [1.82, 2.24) is 9.55 Å². The molecular formula is C14H17N3O. The van der Waals surface area contributed by atoms with Crippen LogP contribution < -0.4 is 5.73 Å². The van der Waals surface area contributed by atoms with Crippen LogP contribution in [0.4, 0.5) is 0 Å². The van der Waals surface area contributed by atoms with Gasteiger partial charge in [-0.1, -0.05) is 30.3 Å². The monoisotopic (exact) mass is 243 g/mol. The van der Waals surface area contributed by atoms with Crippen LogP contribution in [0.5, 0.6) is 0 Å². The zero-order valence-electron chi connectivity index (χ0n) is 10.4. The van der Waals surface area contributed by atoms with E-state index in [1.54, 1.807) is 17.0 Å². The Morgan fingerprint density at radius 1 is 1.39 bits per heavy atom. The van der Waals surface area contributed by atoms with Crippen molar-refractivity contribution in [1.29, 1.82) is 0 Å². The topological polar surface area (TPSA) is 60.9 Å². The van der Waals surface area contributed by atoms with E-state index in [1.165, 1.54) is 0 Å². The number of hydrogen-bond donors (Lipinski definition) is 1. The van der Waals surface area contributed by atoms with Gasteiger partial charge in [-0.2, -0.15) is 0 Å². The first-order valence-corrected chi connectivity index (χ1v) is 5.99. The fraction of sp³-hybridized carbons (Fsp3) is 0.286. The highest BCUT2D eigenvalue weighted by molar-refractivity contribution is 5.92. The summed E-state index contributed by atoms with van der Waals surface area (Å²) < 4.78 is 1.73. The molecular weight excluding hydrogens is 226 g/mol. The molecule has 0 aliphatic carbocycles. The Balaban J connectivity index is 1.93. The molecule has 1 unspecified atom stereocenters. The van der Waals surface area contributed by atoms with E-state index in [0.717, 1.165) is 5.56 Å². The number of imidazole rings is 1. The minimum atomic E-state index is -0.101. The molecule has 0 radical (unpaired) electrons. The van der Waals surface area contributed by atoms with E-state index in [4.69, 9.17) is 5.73 Å². The van der Waals surface area contributed by atoms with Crippen molar-refractivity contribution in [2.24, 2.45) is 12.8 Å². The molecule has 1 aromatic heterocycles. The van der Waals surface area contributed by atoms with Crippen LogP contribution in [-0.4, -0.2) is 15.3 Å². The van der Waals surface area contributed by atoms with Gasteiger partial charge in [0.2, 0.25) is 0 Å². The lowest BCUT2D eigenvalue weighted by atomic mass is 10.0. The van der Waals surface area contributed by atoms with Crippen molar-refractivity contribution in [3.63, 3.8) is 0 Å². The second-order valence-electron chi connectivity index (χ2n) is 4.34. The lowest BCUT2D eigenvalue weighted by Gasteiger charge is -2.11. The van der Waals surface area contributed by atoms with Gasteiger partial charge in [0.25, 0.3) is 0 Å². The van der Waals surface area contributed by atoms with Crippen LogP contribution >= 0.6 is 0 Å². The maximum Gasteiger partial charge on any atom is 0.198 e. The van der Waals surface area contributed by atoms with Gasteiger partial charge >= 0.3 is 0 Å². The molecule has 2 rings (SSSR count). The molecule has 0 aliphatic heterocycles. The zero-order valence-corrected chi connectivity index (χ0v) is 10.4. The lowest BCUT2D eigenvalue weighted by Crippen LogP contribution is -2.14. The Hall–Kier alpha value is -1.94. The molecule has 0 saturated carbocycles. The van der Waals surface area contributed by atoms with Crippen molar-refractivity contribution in [3.8, 4) is 0 Å². The SMILES string of the molecule is Cn1ccnc1C(=O)CCC(N)c1ccccc1. The number of nitrogens with two attached hydrogens (primary N) is 1. The number of carbonyl (C=O) groups excluding carboxylic acids is 1. The summed E-state index contributed by atoms with van der Waals surface area (Å²) in [5, 5.41) is 0. The second-order valence-corrected chi connectivity index (χ2v) is 4.34. The lowest BCUT2D eigenvalue weighted by molar-refractivity contribution is 0.0964. The quantitative estimate of drug-likeness (QED) is 0.818. The van der Waals surface area contributed by atoms with Gasteiger partial charge < -0.3 is 10.3 Å². The average molecular weight is 243 g/mol. The Labute approximate surface area is 106 Å². The number of hydrogen-bond acceptors (Lipinski definition) is 3. The van der Waals surface area contributed by atoms with Gasteiger partial charge in [-0.05, 0) is 12.0 Å². The number of aromatic nitrogens is 2. The molecule has 0 saturated heterocycles. The molecule has 0 fully saturated rings. The zero-order chi connectivity index (χ0) is 13.0. The molecule has 1 atom stereocenters. The van der Waals surface area contributed by atoms with Crippen LogP contribution in [0, 0.1) is 0 Å². The number of rotatable bonds is 5. The highest BCUT2D eigenvalue weighted by Gasteiger charge is 2.13. The molecule has 0 amide bonds. The van der Waals surface area contributed by atoms with E-state index in [0.29, 0.717) is 18.7 Å². The van der Waals surface area contributed by atoms with Gasteiger partial charge in [0, 0.05) is 31.9 Å². The van der Waals surface area contributed by atoms with E-state index in [1.807, 2.05) is 37.4 Å². The van der Waals surface area contributed by atoms with Gasteiger partial charge in [0.1, 0.15) is 0 Å². The molecule has 0 aliphatic rings. The van der Waals surface area contributed by atoms with E-state index >= 15 is 0 Å². The van der Waals surface area contributed by atoms with E-state index in [9.17, 15) is 4.79 Å². The number of nitrogens with zero attached hydrogens (tertiary/aromatic N) is 2. The van der Waals surface area contributed by atoms with Crippen LogP contribution in [0.2, 0.25) is 0 Å². The summed E-state index contributed by atoms with van der Waals surface area (Å²) in [4.78, 5) is 16.0. The third-order valence-corrected chi connectivity index (χ3v) is 2.98. The first kappa shape index (κ1) is 12.5. The highest BCUT2D eigenvalue weighted by atomic mass is 16.1. The van der Waals surface area contributed by atoms with Crippen molar-refractivity contribution in [2.45, 2.75) is 18.9 Å². The van der Waals surface area contributed by atoms with Crippen molar-refractivity contribution in [2.75, 3.05) is 0 Å². The Morgan fingerprint density at radius 2 is 2.11 bits per heavy atom. The van der Waals surface area contributed by atoms with Gasteiger partial charge in [-0.25, -0.2) is 4.98 Å². The molecule has 1 aromatic carbocycles. The fourth-order valence-electron chi connectivity index (χ4n) is 1.90. The summed E-state index contributed by atoms with van der Waals surface area (Å²) in [7, 11) is 1.82. The maximum atomic E-state index is 11.9. The summed E-state index contributed by atoms with van der Waals surface area (Å²) in [6, 6.07) is 9.72. The summed E-state index contributed by atoms with van der Waals surface area (Å²) >= 11 is 0. The van der Waals surface area contributed by atoms with Gasteiger partial charge in [-0.3, -0.25) is 4.79 Å². The van der Waals surface area contributed by atoms with E-state index < -0.39 is 0 Å². The molecule has 2 N–H and O–H groups in total. The predicted molar refractivity (Wildman–Crippen MR) is 70.1 cm³/mol. The summed E-state index contributed by atoms with van der Waals surface area (Å²) in [6.45, 7) is 0. The average Bonchev–Trinajstić information content (AvgIpc) is 2.83. The van der Waals surface area contributed by atoms with Crippen LogP contribution in [0.15, 0.2) is 42.7 Å². The smallest absolute Gasteiger partial charge is 0.198 e. The first-order valence-electron chi connectivity index (χ1n) is 5.99. The normalized spacial score (nSPS) is 12.3. The van der Waals surface area contributed by atoms with Crippen LogP contribution in [0.25, 0.3) is 0 Å². The third kappa shape index (κ3) is 2.84. The molecule has 0 bridgehead atoms. The summed E-state index contributed by atoms with van der Waals surface area (Å²) in [5.74, 6) is 0.532. The fourth-order valence-corrected chi connectivity index (χ4v) is 1.90. The van der Waals surface area contributed by atoms with Crippen LogP contribution in [0.3, 0.4) is 0 Å². The summed E-state index contributed by atoms with van der Waals surface area (Å²) in [5.41, 5.74) is 7.12. The summed E-state index contributed by atoms with van der Waals surface area (Å²) in [6.07, 6.45) is 4.45. The van der Waals surface area contributed by atoms with Crippen LogP contribution in [0.1, 0.15) is 35.1 Å². The van der Waals surface area contributed by atoms with E-state index in [-0.39, 0.29) is 11.8 Å². The van der Waals surface area contributed by atoms with Crippen molar-refractivity contribution >= 4 is 5.78 Å². The molecule has 94 valence electrons. The standard InChI is InChI=1S/C14H17N3O/c1-17-10-9-16-14(17)13(18)8-7-12(15)11-5-3-2-4-6-11/h2-6,9-10,12H,7-8,15H2,1H3. The van der Waals surface area contributed by atoms with E-state index in [2.05, 4.69) is 4.98 Å². The number of ketones is 1. The van der Waals surface area contributed by atoms with Crippen molar-refractivity contribution < 1.29 is 4.79 Å². The minimum absolute atomic E-state index is 0.0360. The second kappa shape index (κ2) is 5.60. The minimum Gasteiger partial charge on any atom is -0.332 e. The molecule has 18 heavy (non-hydrogen) atoms. The van der Waals surface area contributed by atoms with Crippen LogP contribution in [-0.2, 0) is 7.05 Å². The predicted octanol–water partition coefficient (Wildman–Crippen LogP) is 2.08. The van der Waals surface area contributed by atoms with Crippen molar-refractivity contribution in [3.05, 3.63) is 54.1 Å². The molecule has 0 spiro atoms. The molecule has 4 nitrogen and oxygen atoms in total. The number of benzene rings is 1. The molecule has 2 aromatic rings. The Bertz CT molecular complexity index is 519. The highest BCUT2D eigenvalue weighted by Crippen LogP contribution is 2.16. The number of aryl methyl sites for hydroxylation is 1.